The second-order valence-corrected chi connectivity index (χ2v) is 6.24. The van der Waals surface area contributed by atoms with Crippen LogP contribution in [0.1, 0.15) is 19.5 Å². The van der Waals surface area contributed by atoms with E-state index in [0.29, 0.717) is 10.4 Å². The van der Waals surface area contributed by atoms with Crippen molar-refractivity contribution in [2.24, 2.45) is 5.92 Å². The average molecular weight is 374 g/mol. The number of nitrogens with zero attached hydrogens (tertiary/aromatic N) is 1. The van der Waals surface area contributed by atoms with Crippen molar-refractivity contribution >= 4 is 31.9 Å². The molecule has 1 heterocycles. The number of nitrogens with one attached hydrogen (secondary N) is 1. The number of H-pyrrole nitrogens is 1. The fourth-order valence-electron chi connectivity index (χ4n) is 1.81. The van der Waals surface area contributed by atoms with Crippen molar-refractivity contribution in [2.45, 2.75) is 20.3 Å². The van der Waals surface area contributed by atoms with Crippen LogP contribution in [0.3, 0.4) is 0 Å². The molecule has 0 amide bonds. The van der Waals surface area contributed by atoms with Crippen molar-refractivity contribution in [1.29, 1.82) is 0 Å². The molecule has 0 saturated heterocycles. The van der Waals surface area contributed by atoms with Crippen molar-refractivity contribution in [3.63, 3.8) is 0 Å². The number of para-hydroxylation sites is 1. The molecule has 0 unspecified atom stereocenters. The van der Waals surface area contributed by atoms with E-state index in [1.54, 1.807) is 4.68 Å². The summed E-state index contributed by atoms with van der Waals surface area (Å²) in [5.74, 6) is 0.493. The summed E-state index contributed by atoms with van der Waals surface area (Å²) in [6.45, 7) is 4.25. The number of aromatic amines is 1. The molecule has 0 bridgehead atoms. The Labute approximate surface area is 122 Å². The fraction of sp³-hybridized carbons (Fsp3) is 0.308. The first-order valence-electron chi connectivity index (χ1n) is 5.75. The zero-order chi connectivity index (χ0) is 13.3. The summed E-state index contributed by atoms with van der Waals surface area (Å²) in [5.41, 5.74) is 1.70. The third kappa shape index (κ3) is 2.62. The first-order valence-corrected chi connectivity index (χ1v) is 7.33. The first kappa shape index (κ1) is 13.6. The van der Waals surface area contributed by atoms with Crippen molar-refractivity contribution < 1.29 is 0 Å². The topological polar surface area (TPSA) is 37.8 Å². The van der Waals surface area contributed by atoms with Gasteiger partial charge in [-0.3, -0.25) is 9.89 Å². The lowest BCUT2D eigenvalue weighted by atomic mass is 10.1. The molecule has 5 heteroatoms. The molecule has 0 radical (unpaired) electrons. The van der Waals surface area contributed by atoms with Crippen LogP contribution < -0.4 is 5.56 Å². The lowest BCUT2D eigenvalue weighted by molar-refractivity contribution is 0.626. The quantitative estimate of drug-likeness (QED) is 0.870. The van der Waals surface area contributed by atoms with Gasteiger partial charge >= 0.3 is 0 Å². The summed E-state index contributed by atoms with van der Waals surface area (Å²) < 4.78 is 3.07. The van der Waals surface area contributed by atoms with Crippen LogP contribution in [0.25, 0.3) is 5.69 Å². The molecule has 0 fully saturated rings. The fourth-order valence-corrected chi connectivity index (χ4v) is 2.70. The Morgan fingerprint density at radius 2 is 1.94 bits per heavy atom. The van der Waals surface area contributed by atoms with Crippen LogP contribution in [0, 0.1) is 5.92 Å². The van der Waals surface area contributed by atoms with Crippen LogP contribution >= 0.6 is 31.9 Å². The van der Waals surface area contributed by atoms with Crippen molar-refractivity contribution in [3.05, 3.63) is 49.3 Å². The van der Waals surface area contributed by atoms with Gasteiger partial charge in [0.15, 0.2) is 0 Å². The lowest BCUT2D eigenvalue weighted by Crippen LogP contribution is -2.15. The van der Waals surface area contributed by atoms with Gasteiger partial charge in [-0.1, -0.05) is 26.0 Å². The molecular formula is C13H14Br2N2O. The van der Waals surface area contributed by atoms with Crippen LogP contribution in [0.5, 0.6) is 0 Å². The van der Waals surface area contributed by atoms with Gasteiger partial charge in [-0.05, 0) is 56.3 Å². The van der Waals surface area contributed by atoms with E-state index in [0.717, 1.165) is 22.3 Å². The Kier molecular flexibility index (Phi) is 4.12. The Morgan fingerprint density at radius 1 is 1.28 bits per heavy atom. The zero-order valence-electron chi connectivity index (χ0n) is 10.2. The second kappa shape index (κ2) is 5.45. The van der Waals surface area contributed by atoms with Crippen LogP contribution in [-0.4, -0.2) is 9.78 Å². The van der Waals surface area contributed by atoms with Crippen molar-refractivity contribution in [3.8, 4) is 5.69 Å². The summed E-state index contributed by atoms with van der Waals surface area (Å²) >= 11 is 6.83. The monoisotopic (exact) mass is 372 g/mol. The van der Waals surface area contributed by atoms with E-state index in [1.807, 2.05) is 24.3 Å². The Hall–Kier alpha value is -0.810. The van der Waals surface area contributed by atoms with Crippen LogP contribution in [0.15, 0.2) is 38.0 Å². The van der Waals surface area contributed by atoms with Gasteiger partial charge in [-0.2, -0.15) is 0 Å². The molecule has 96 valence electrons. The molecule has 1 N–H and O–H groups in total. The van der Waals surface area contributed by atoms with E-state index in [1.165, 1.54) is 0 Å². The van der Waals surface area contributed by atoms with Crippen LogP contribution in [0.2, 0.25) is 0 Å². The van der Waals surface area contributed by atoms with E-state index in [4.69, 9.17) is 0 Å². The first-order chi connectivity index (χ1) is 8.50. The normalized spacial score (nSPS) is 11.2. The predicted octanol–water partition coefficient (Wildman–Crippen LogP) is 3.89. The van der Waals surface area contributed by atoms with Gasteiger partial charge in [-0.15, -0.1) is 0 Å². The minimum Gasteiger partial charge on any atom is -0.294 e. The summed E-state index contributed by atoms with van der Waals surface area (Å²) in [7, 11) is 0. The molecule has 2 rings (SSSR count). The number of rotatable bonds is 3. The van der Waals surface area contributed by atoms with Crippen LogP contribution in [-0.2, 0) is 6.42 Å². The zero-order valence-corrected chi connectivity index (χ0v) is 13.4. The van der Waals surface area contributed by atoms with Gasteiger partial charge in [0.25, 0.3) is 5.56 Å². The van der Waals surface area contributed by atoms with Gasteiger partial charge in [0.2, 0.25) is 0 Å². The Balaban J connectivity index is 2.54. The SMILES string of the molecule is CC(C)Cc1[nH]n(-c2ccccc2Br)c(=O)c1Br. The highest BCUT2D eigenvalue weighted by Gasteiger charge is 2.14. The van der Waals surface area contributed by atoms with Gasteiger partial charge in [-0.25, -0.2) is 4.68 Å². The van der Waals surface area contributed by atoms with E-state index in [-0.39, 0.29) is 5.56 Å². The standard InChI is InChI=1S/C13H14Br2N2O/c1-8(2)7-10-12(15)13(18)17(16-10)11-6-4-3-5-9(11)14/h3-6,8,16H,7H2,1-2H3. The Bertz CT molecular complexity index is 614. The number of aromatic nitrogens is 2. The molecule has 1 aromatic heterocycles. The predicted molar refractivity (Wildman–Crippen MR) is 80.3 cm³/mol. The molecule has 0 aliphatic rings. The van der Waals surface area contributed by atoms with Gasteiger partial charge in [0.05, 0.1) is 11.4 Å². The van der Waals surface area contributed by atoms with E-state index in [2.05, 4.69) is 50.8 Å². The van der Waals surface area contributed by atoms with E-state index >= 15 is 0 Å². The molecule has 3 nitrogen and oxygen atoms in total. The van der Waals surface area contributed by atoms with Gasteiger partial charge < -0.3 is 0 Å². The number of benzene rings is 1. The second-order valence-electron chi connectivity index (χ2n) is 4.59. The smallest absolute Gasteiger partial charge is 0.285 e. The molecule has 0 aliphatic heterocycles. The summed E-state index contributed by atoms with van der Waals surface area (Å²) in [4.78, 5) is 12.2. The largest absolute Gasteiger partial charge is 0.294 e. The third-order valence-corrected chi connectivity index (χ3v) is 4.10. The van der Waals surface area contributed by atoms with Crippen LogP contribution in [0.4, 0.5) is 0 Å². The highest BCUT2D eigenvalue weighted by molar-refractivity contribution is 9.10. The number of hydrogen-bond acceptors (Lipinski definition) is 1. The maximum Gasteiger partial charge on any atom is 0.285 e. The van der Waals surface area contributed by atoms with E-state index < -0.39 is 0 Å². The van der Waals surface area contributed by atoms with Gasteiger partial charge in [0.1, 0.15) is 4.47 Å². The van der Waals surface area contributed by atoms with Gasteiger partial charge in [0, 0.05) is 4.47 Å². The average Bonchev–Trinajstić information content (AvgIpc) is 2.58. The number of halogens is 2. The maximum atomic E-state index is 12.2. The third-order valence-electron chi connectivity index (χ3n) is 2.61. The molecule has 0 saturated carbocycles. The molecule has 0 aliphatic carbocycles. The molecule has 2 aromatic rings. The molecular weight excluding hydrogens is 360 g/mol. The highest BCUT2D eigenvalue weighted by Crippen LogP contribution is 2.21. The number of hydrogen-bond donors (Lipinski definition) is 1. The lowest BCUT2D eigenvalue weighted by Gasteiger charge is -2.05. The molecule has 18 heavy (non-hydrogen) atoms. The minimum absolute atomic E-state index is 0.0578. The highest BCUT2D eigenvalue weighted by atomic mass is 79.9. The Morgan fingerprint density at radius 3 is 2.56 bits per heavy atom. The molecule has 1 aromatic carbocycles. The molecule has 0 spiro atoms. The molecule has 0 atom stereocenters. The minimum atomic E-state index is -0.0578. The van der Waals surface area contributed by atoms with E-state index in [9.17, 15) is 4.79 Å². The van der Waals surface area contributed by atoms with Crippen molar-refractivity contribution in [2.75, 3.05) is 0 Å². The summed E-state index contributed by atoms with van der Waals surface area (Å²) in [6.07, 6.45) is 0.841. The van der Waals surface area contributed by atoms with Crippen molar-refractivity contribution in [1.82, 2.24) is 9.78 Å². The maximum absolute atomic E-state index is 12.2. The summed E-state index contributed by atoms with van der Waals surface area (Å²) in [5, 5.41) is 3.17. The summed E-state index contributed by atoms with van der Waals surface area (Å²) in [6, 6.07) is 7.64.